The molecular weight excluding hydrogens is 532 g/mol. The molecule has 0 spiro atoms. The van der Waals surface area contributed by atoms with Crippen molar-refractivity contribution < 1.29 is 22.7 Å². The van der Waals surface area contributed by atoms with Crippen LogP contribution in [0.4, 0.5) is 5.00 Å². The molecule has 2 N–H and O–H groups in total. The summed E-state index contributed by atoms with van der Waals surface area (Å²) in [5.74, 6) is -0.147. The van der Waals surface area contributed by atoms with Crippen LogP contribution in [0.25, 0.3) is 11.3 Å². The lowest BCUT2D eigenvalue weighted by Gasteiger charge is -2.26. The predicted molar refractivity (Wildman–Crippen MR) is 143 cm³/mol. The number of thioether (sulfide) groups is 1. The smallest absolute Gasteiger partial charge is 0.256 e. The third-order valence-electron chi connectivity index (χ3n) is 5.88. The van der Waals surface area contributed by atoms with E-state index in [1.807, 2.05) is 30.3 Å². The largest absolute Gasteiger partial charge is 0.379 e. The molecule has 3 aromatic rings. The molecule has 5 rings (SSSR count). The first-order chi connectivity index (χ1) is 17.9. The second kappa shape index (κ2) is 11.3. The maximum absolute atomic E-state index is 13.1. The summed E-state index contributed by atoms with van der Waals surface area (Å²) in [6.45, 7) is 1.34. The van der Waals surface area contributed by atoms with Crippen molar-refractivity contribution in [2.75, 3.05) is 37.4 Å². The number of morpholine rings is 1. The number of amides is 2. The van der Waals surface area contributed by atoms with Gasteiger partial charge in [0.25, 0.3) is 5.91 Å². The SMILES string of the molecule is O=C(CSc1nc(-c2ccccc2)c(NC(=O)c2ccc(S(=O)(=O)N3CCOCC3)cc2)s1)NC1CC1. The van der Waals surface area contributed by atoms with Crippen molar-refractivity contribution in [3.63, 3.8) is 0 Å². The van der Waals surface area contributed by atoms with E-state index in [1.54, 1.807) is 0 Å². The van der Waals surface area contributed by atoms with Crippen LogP contribution in [-0.2, 0) is 19.6 Å². The minimum atomic E-state index is -3.64. The molecular formula is C25H26N4O5S3. The molecule has 1 aliphatic carbocycles. The van der Waals surface area contributed by atoms with Crippen LogP contribution in [0.15, 0.2) is 63.8 Å². The van der Waals surface area contributed by atoms with Crippen LogP contribution in [0.3, 0.4) is 0 Å². The zero-order valence-corrected chi connectivity index (χ0v) is 22.3. The van der Waals surface area contributed by atoms with E-state index < -0.39 is 10.0 Å². The molecule has 194 valence electrons. The molecule has 2 aromatic carbocycles. The summed E-state index contributed by atoms with van der Waals surface area (Å²) in [7, 11) is -3.64. The summed E-state index contributed by atoms with van der Waals surface area (Å²) in [6.07, 6.45) is 2.06. The summed E-state index contributed by atoms with van der Waals surface area (Å²) in [6, 6.07) is 15.7. The van der Waals surface area contributed by atoms with Gasteiger partial charge in [-0.15, -0.1) is 0 Å². The van der Waals surface area contributed by atoms with Crippen LogP contribution in [0.1, 0.15) is 23.2 Å². The maximum atomic E-state index is 13.1. The van der Waals surface area contributed by atoms with E-state index in [0.29, 0.717) is 52.9 Å². The van der Waals surface area contributed by atoms with Gasteiger partial charge in [0.05, 0.1) is 23.9 Å². The monoisotopic (exact) mass is 558 g/mol. The van der Waals surface area contributed by atoms with E-state index in [0.717, 1.165) is 18.4 Å². The van der Waals surface area contributed by atoms with Gasteiger partial charge in [0.1, 0.15) is 10.7 Å². The van der Waals surface area contributed by atoms with Crippen LogP contribution >= 0.6 is 23.1 Å². The third-order valence-corrected chi connectivity index (χ3v) is 9.90. The van der Waals surface area contributed by atoms with Crippen LogP contribution in [0.5, 0.6) is 0 Å². The number of carbonyl (C=O) groups excluding carboxylic acids is 2. The van der Waals surface area contributed by atoms with Crippen molar-refractivity contribution in [2.24, 2.45) is 0 Å². The van der Waals surface area contributed by atoms with Gasteiger partial charge in [-0.05, 0) is 37.1 Å². The number of benzene rings is 2. The number of anilines is 1. The molecule has 1 saturated heterocycles. The standard InChI is InChI=1S/C25H26N4O5S3/c30-21(26-19-8-9-19)16-35-25-27-22(17-4-2-1-3-5-17)24(36-25)28-23(31)18-6-10-20(11-7-18)37(32,33)29-12-14-34-15-13-29/h1-7,10-11,19H,8-9,12-16H2,(H,26,30)(H,28,31). The normalized spacial score (nSPS) is 16.3. The van der Waals surface area contributed by atoms with Crippen molar-refractivity contribution in [1.29, 1.82) is 0 Å². The third kappa shape index (κ3) is 6.39. The number of nitrogens with zero attached hydrogens (tertiary/aromatic N) is 2. The minimum absolute atomic E-state index is 0.0262. The Hall–Kier alpha value is -2.77. The zero-order chi connectivity index (χ0) is 25.8. The van der Waals surface area contributed by atoms with Crippen molar-refractivity contribution in [2.45, 2.75) is 28.1 Å². The molecule has 0 atom stereocenters. The molecule has 1 aliphatic heterocycles. The van der Waals surface area contributed by atoms with Gasteiger partial charge in [-0.3, -0.25) is 9.59 Å². The van der Waals surface area contributed by atoms with Crippen molar-refractivity contribution in [3.8, 4) is 11.3 Å². The number of sulfonamides is 1. The zero-order valence-electron chi connectivity index (χ0n) is 19.9. The van der Waals surface area contributed by atoms with E-state index in [1.165, 1.54) is 51.7 Å². The molecule has 1 aromatic heterocycles. The van der Waals surface area contributed by atoms with Gasteiger partial charge < -0.3 is 15.4 Å². The Bertz CT molecular complexity index is 1370. The molecule has 0 radical (unpaired) electrons. The van der Waals surface area contributed by atoms with Crippen molar-refractivity contribution in [3.05, 3.63) is 60.2 Å². The number of thiazole rings is 1. The van der Waals surface area contributed by atoms with E-state index in [4.69, 9.17) is 4.74 Å². The summed E-state index contributed by atoms with van der Waals surface area (Å²) in [4.78, 5) is 30.0. The Labute approximate surface area is 223 Å². The topological polar surface area (TPSA) is 118 Å². The highest BCUT2D eigenvalue weighted by Gasteiger charge is 2.27. The molecule has 12 heteroatoms. The van der Waals surface area contributed by atoms with Gasteiger partial charge in [-0.1, -0.05) is 53.4 Å². The lowest BCUT2D eigenvalue weighted by Crippen LogP contribution is -2.40. The lowest BCUT2D eigenvalue weighted by molar-refractivity contribution is -0.118. The Morgan fingerprint density at radius 2 is 1.76 bits per heavy atom. The summed E-state index contributed by atoms with van der Waals surface area (Å²) < 4.78 is 33.0. The van der Waals surface area contributed by atoms with Gasteiger partial charge in [-0.2, -0.15) is 4.31 Å². The van der Waals surface area contributed by atoms with Gasteiger partial charge in [-0.25, -0.2) is 13.4 Å². The molecule has 2 aliphatic rings. The average Bonchev–Trinajstić information content (AvgIpc) is 3.65. The van der Waals surface area contributed by atoms with Gasteiger partial charge in [0, 0.05) is 30.3 Å². The van der Waals surface area contributed by atoms with E-state index in [2.05, 4.69) is 15.6 Å². The van der Waals surface area contributed by atoms with E-state index in [-0.39, 0.29) is 22.5 Å². The molecule has 0 bridgehead atoms. The second-order valence-electron chi connectivity index (χ2n) is 8.65. The quantitative estimate of drug-likeness (QED) is 0.386. The Balaban J connectivity index is 1.31. The Morgan fingerprint density at radius 3 is 2.43 bits per heavy atom. The van der Waals surface area contributed by atoms with E-state index >= 15 is 0 Å². The molecule has 0 unspecified atom stereocenters. The molecule has 37 heavy (non-hydrogen) atoms. The van der Waals surface area contributed by atoms with E-state index in [9.17, 15) is 18.0 Å². The van der Waals surface area contributed by atoms with Crippen molar-refractivity contribution in [1.82, 2.24) is 14.6 Å². The molecule has 1 saturated carbocycles. The van der Waals surface area contributed by atoms with Crippen LogP contribution in [0, 0.1) is 0 Å². The number of hydrogen-bond acceptors (Lipinski definition) is 8. The summed E-state index contributed by atoms with van der Waals surface area (Å²) >= 11 is 2.64. The number of nitrogens with one attached hydrogen (secondary N) is 2. The number of aromatic nitrogens is 1. The fourth-order valence-corrected chi connectivity index (χ4v) is 7.03. The second-order valence-corrected chi connectivity index (χ2v) is 12.8. The minimum Gasteiger partial charge on any atom is -0.379 e. The first-order valence-electron chi connectivity index (χ1n) is 11.9. The van der Waals surface area contributed by atoms with Gasteiger partial charge in [0.2, 0.25) is 15.9 Å². The van der Waals surface area contributed by atoms with Gasteiger partial charge >= 0.3 is 0 Å². The average molecular weight is 559 g/mol. The molecule has 2 heterocycles. The van der Waals surface area contributed by atoms with Gasteiger partial charge in [0.15, 0.2) is 4.34 Å². The number of rotatable bonds is 9. The first kappa shape index (κ1) is 25.9. The van der Waals surface area contributed by atoms with Crippen molar-refractivity contribution >= 4 is 49.9 Å². The summed E-state index contributed by atoms with van der Waals surface area (Å²) in [5.41, 5.74) is 1.79. The number of carbonyl (C=O) groups is 2. The molecule has 2 amide bonds. The highest BCUT2D eigenvalue weighted by molar-refractivity contribution is 8.01. The first-order valence-corrected chi connectivity index (χ1v) is 15.1. The Morgan fingerprint density at radius 1 is 1.05 bits per heavy atom. The number of ether oxygens (including phenoxy) is 1. The van der Waals surface area contributed by atoms with Crippen LogP contribution < -0.4 is 10.6 Å². The fraction of sp³-hybridized carbons (Fsp3) is 0.320. The van der Waals surface area contributed by atoms with Crippen LogP contribution in [0.2, 0.25) is 0 Å². The lowest BCUT2D eigenvalue weighted by atomic mass is 10.1. The maximum Gasteiger partial charge on any atom is 0.256 e. The Kier molecular flexibility index (Phi) is 7.91. The molecule has 2 fully saturated rings. The summed E-state index contributed by atoms with van der Waals surface area (Å²) in [5, 5.41) is 6.45. The fourth-order valence-electron chi connectivity index (χ4n) is 3.75. The highest BCUT2D eigenvalue weighted by Crippen LogP contribution is 2.38. The molecule has 9 nitrogen and oxygen atoms in total. The number of hydrogen-bond donors (Lipinski definition) is 2. The predicted octanol–water partition coefficient (Wildman–Crippen LogP) is 3.45. The van der Waals surface area contributed by atoms with Crippen LogP contribution in [-0.4, -0.2) is 67.6 Å². The highest BCUT2D eigenvalue weighted by atomic mass is 32.2.